The van der Waals surface area contributed by atoms with Crippen LogP contribution < -0.4 is 5.43 Å². The van der Waals surface area contributed by atoms with Crippen molar-refractivity contribution >= 4 is 5.97 Å². The Labute approximate surface area is 192 Å². The van der Waals surface area contributed by atoms with Crippen LogP contribution in [0.5, 0.6) is 0 Å². The van der Waals surface area contributed by atoms with Gasteiger partial charge in [0.15, 0.2) is 0 Å². The van der Waals surface area contributed by atoms with Crippen molar-refractivity contribution in [1.82, 2.24) is 20.0 Å². The lowest BCUT2D eigenvalue weighted by Gasteiger charge is -2.10. The molecule has 0 saturated heterocycles. The Morgan fingerprint density at radius 3 is 2.58 bits per heavy atom. The van der Waals surface area contributed by atoms with Crippen molar-refractivity contribution < 1.29 is 9.53 Å². The van der Waals surface area contributed by atoms with Gasteiger partial charge in [0.25, 0.3) is 0 Å². The Hall–Kier alpha value is -4.00. The Morgan fingerprint density at radius 1 is 1.06 bits per heavy atom. The summed E-state index contributed by atoms with van der Waals surface area (Å²) in [6, 6.07) is 17.0. The molecular weight excluding hydrogens is 416 g/mol. The first-order valence-electron chi connectivity index (χ1n) is 10.9. The van der Waals surface area contributed by atoms with Crippen LogP contribution in [0.2, 0.25) is 0 Å². The van der Waals surface area contributed by atoms with Crippen molar-refractivity contribution in [2.75, 3.05) is 6.61 Å². The van der Waals surface area contributed by atoms with Gasteiger partial charge in [0.05, 0.1) is 24.9 Å². The van der Waals surface area contributed by atoms with Gasteiger partial charge in [-0.15, -0.1) is 0 Å². The number of hydrogen-bond acceptors (Lipinski definition) is 5. The third-order valence-corrected chi connectivity index (χ3v) is 5.13. The van der Waals surface area contributed by atoms with Crippen LogP contribution in [-0.2, 0) is 22.4 Å². The van der Waals surface area contributed by atoms with E-state index in [-0.39, 0.29) is 17.8 Å². The molecule has 1 N–H and O–H groups in total. The fraction of sp³-hybridized carbons (Fsp3) is 0.231. The molecular formula is C26H26N4O3. The second-order valence-electron chi connectivity index (χ2n) is 8.36. The molecule has 7 nitrogen and oxygen atoms in total. The number of aromatic amines is 1. The molecule has 7 heteroatoms. The molecule has 4 aromatic rings. The second kappa shape index (κ2) is 10.1. The molecule has 0 spiro atoms. The van der Waals surface area contributed by atoms with Gasteiger partial charge in [-0.25, -0.2) is 4.68 Å². The van der Waals surface area contributed by atoms with Crippen LogP contribution in [0.1, 0.15) is 30.7 Å². The summed E-state index contributed by atoms with van der Waals surface area (Å²) in [4.78, 5) is 24.5. The minimum Gasteiger partial charge on any atom is -0.465 e. The van der Waals surface area contributed by atoms with Gasteiger partial charge in [-0.2, -0.15) is 10.2 Å². The molecule has 0 fully saturated rings. The molecule has 0 aliphatic carbocycles. The average Bonchev–Trinajstić information content (AvgIpc) is 3.35. The maximum Gasteiger partial charge on any atom is 0.310 e. The summed E-state index contributed by atoms with van der Waals surface area (Å²) in [5.41, 5.74) is 4.99. The molecule has 0 aliphatic rings. The maximum atomic E-state index is 12.5. The van der Waals surface area contributed by atoms with Crippen LogP contribution in [-0.4, -0.2) is 32.6 Å². The number of hydrogen-bond donors (Lipinski definition) is 1. The van der Waals surface area contributed by atoms with Gasteiger partial charge >= 0.3 is 5.97 Å². The van der Waals surface area contributed by atoms with Crippen LogP contribution in [0.4, 0.5) is 0 Å². The van der Waals surface area contributed by atoms with E-state index in [9.17, 15) is 9.59 Å². The molecule has 4 rings (SSSR count). The summed E-state index contributed by atoms with van der Waals surface area (Å²) in [6.45, 7) is 4.41. The number of rotatable bonds is 8. The van der Waals surface area contributed by atoms with Gasteiger partial charge in [-0.1, -0.05) is 50.2 Å². The molecule has 0 saturated carbocycles. The summed E-state index contributed by atoms with van der Waals surface area (Å²) in [5, 5.41) is 11.3. The number of H-pyrrole nitrogens is 1. The zero-order chi connectivity index (χ0) is 23.2. The van der Waals surface area contributed by atoms with Crippen molar-refractivity contribution in [1.29, 1.82) is 0 Å². The highest BCUT2D eigenvalue weighted by Crippen LogP contribution is 2.19. The molecule has 0 bridgehead atoms. The van der Waals surface area contributed by atoms with Crippen LogP contribution in [0.25, 0.3) is 16.8 Å². The first kappa shape index (κ1) is 22.2. The van der Waals surface area contributed by atoms with E-state index in [0.29, 0.717) is 24.6 Å². The highest BCUT2D eigenvalue weighted by molar-refractivity contribution is 5.72. The van der Waals surface area contributed by atoms with Crippen LogP contribution >= 0.6 is 0 Å². The van der Waals surface area contributed by atoms with Crippen molar-refractivity contribution in [3.8, 4) is 16.8 Å². The second-order valence-corrected chi connectivity index (χ2v) is 8.36. The molecule has 168 valence electrons. The number of benzene rings is 2. The van der Waals surface area contributed by atoms with E-state index < -0.39 is 0 Å². The number of ether oxygens (including phenoxy) is 1. The summed E-state index contributed by atoms with van der Waals surface area (Å²) < 4.78 is 6.97. The Morgan fingerprint density at radius 2 is 1.85 bits per heavy atom. The van der Waals surface area contributed by atoms with Crippen molar-refractivity contribution in [3.63, 3.8) is 0 Å². The molecule has 0 aliphatic heterocycles. The molecule has 33 heavy (non-hydrogen) atoms. The SMILES string of the molecule is CC(C)COC(=O)Cc1cccc(Cc2nn(-c3ccc(-c4cn[nH]c4)cc3)ccc2=O)c1. The van der Waals surface area contributed by atoms with E-state index in [2.05, 4.69) is 15.3 Å². The number of carbonyl (C=O) groups is 1. The van der Waals surface area contributed by atoms with Gasteiger partial charge in [0.2, 0.25) is 5.43 Å². The Kier molecular flexibility index (Phi) is 6.78. The lowest BCUT2D eigenvalue weighted by Crippen LogP contribution is -2.16. The predicted molar refractivity (Wildman–Crippen MR) is 126 cm³/mol. The van der Waals surface area contributed by atoms with Gasteiger partial charge in [-0.05, 0) is 34.7 Å². The fourth-order valence-electron chi connectivity index (χ4n) is 3.45. The first-order valence-corrected chi connectivity index (χ1v) is 10.9. The minimum absolute atomic E-state index is 0.122. The number of esters is 1. The topological polar surface area (TPSA) is 89.9 Å². The monoisotopic (exact) mass is 442 g/mol. The van der Waals surface area contributed by atoms with E-state index >= 15 is 0 Å². The lowest BCUT2D eigenvalue weighted by molar-refractivity contribution is -0.143. The van der Waals surface area contributed by atoms with Crippen LogP contribution in [0.3, 0.4) is 0 Å². The highest BCUT2D eigenvalue weighted by Gasteiger charge is 2.10. The van der Waals surface area contributed by atoms with Gasteiger partial charge in [0, 0.05) is 30.4 Å². The van der Waals surface area contributed by atoms with E-state index in [1.54, 1.807) is 17.1 Å². The van der Waals surface area contributed by atoms with Gasteiger partial charge < -0.3 is 4.74 Å². The van der Waals surface area contributed by atoms with E-state index in [4.69, 9.17) is 4.74 Å². The average molecular weight is 443 g/mol. The Bertz CT molecular complexity index is 1280. The quantitative estimate of drug-likeness (QED) is 0.417. The van der Waals surface area contributed by atoms with E-state index in [1.165, 1.54) is 6.07 Å². The van der Waals surface area contributed by atoms with Crippen molar-refractivity contribution in [3.05, 3.63) is 100 Å². The zero-order valence-electron chi connectivity index (χ0n) is 18.7. The highest BCUT2D eigenvalue weighted by atomic mass is 16.5. The summed E-state index contributed by atoms with van der Waals surface area (Å²) in [7, 11) is 0. The standard InChI is InChI=1S/C26H26N4O3/c1-18(2)17-33-26(32)14-20-5-3-4-19(12-20)13-24-25(31)10-11-30(29-24)23-8-6-21(7-9-23)22-15-27-28-16-22/h3-12,15-16,18H,13-14,17H2,1-2H3,(H,27,28). The van der Waals surface area contributed by atoms with Crippen molar-refractivity contribution in [2.45, 2.75) is 26.7 Å². The molecule has 2 aromatic carbocycles. The van der Waals surface area contributed by atoms with Crippen molar-refractivity contribution in [2.24, 2.45) is 5.92 Å². The molecule has 0 radical (unpaired) electrons. The predicted octanol–water partition coefficient (Wildman–Crippen LogP) is 3.96. The minimum atomic E-state index is -0.250. The number of nitrogens with zero attached hydrogens (tertiary/aromatic N) is 3. The largest absolute Gasteiger partial charge is 0.465 e. The smallest absolute Gasteiger partial charge is 0.310 e. The summed E-state index contributed by atoms with van der Waals surface area (Å²) in [6.07, 6.45) is 5.85. The number of aromatic nitrogens is 4. The van der Waals surface area contributed by atoms with Crippen LogP contribution in [0, 0.1) is 5.92 Å². The summed E-state index contributed by atoms with van der Waals surface area (Å²) in [5.74, 6) is 0.0494. The zero-order valence-corrected chi connectivity index (χ0v) is 18.7. The molecule has 2 aromatic heterocycles. The van der Waals surface area contributed by atoms with E-state index in [1.807, 2.05) is 68.6 Å². The lowest BCUT2D eigenvalue weighted by atomic mass is 10.0. The number of nitrogens with one attached hydrogen (secondary N) is 1. The molecule has 0 amide bonds. The van der Waals surface area contributed by atoms with Crippen LogP contribution in [0.15, 0.2) is 78.0 Å². The molecule has 2 heterocycles. The maximum absolute atomic E-state index is 12.5. The first-order chi connectivity index (χ1) is 16.0. The normalized spacial score (nSPS) is 11.0. The van der Waals surface area contributed by atoms with Gasteiger partial charge in [0.1, 0.15) is 5.69 Å². The third kappa shape index (κ3) is 5.83. The fourth-order valence-corrected chi connectivity index (χ4v) is 3.45. The van der Waals surface area contributed by atoms with E-state index in [0.717, 1.165) is 27.9 Å². The molecule has 0 atom stereocenters. The number of carbonyl (C=O) groups excluding carboxylic acids is 1. The third-order valence-electron chi connectivity index (χ3n) is 5.13. The summed E-state index contributed by atoms with van der Waals surface area (Å²) >= 11 is 0. The van der Waals surface area contributed by atoms with Gasteiger partial charge in [-0.3, -0.25) is 14.7 Å². The Balaban J connectivity index is 1.49. The molecule has 0 unspecified atom stereocenters.